The predicted molar refractivity (Wildman–Crippen MR) is 55.8 cm³/mol. The molecule has 0 heterocycles. The maximum Gasteiger partial charge on any atom is 0.0676 e. The van der Waals surface area contributed by atoms with E-state index in [4.69, 9.17) is 10.00 Å². The molecule has 0 fully saturated rings. The Morgan fingerprint density at radius 1 is 1.36 bits per heavy atom. The lowest BCUT2D eigenvalue weighted by Gasteiger charge is -2.08. The summed E-state index contributed by atoms with van der Waals surface area (Å²) in [5, 5.41) is 8.42. The van der Waals surface area contributed by atoms with E-state index in [9.17, 15) is 0 Å². The zero-order valence-corrected chi connectivity index (χ0v) is 8.44. The Morgan fingerprint density at radius 3 is 2.71 bits per heavy atom. The fraction of sp³-hybridized carbons (Fsp3) is 0.417. The number of hydrogen-bond donors (Lipinski definition) is 0. The van der Waals surface area contributed by atoms with Gasteiger partial charge in [0.2, 0.25) is 0 Å². The normalized spacial score (nSPS) is 12.0. The molecule has 0 saturated carbocycles. The van der Waals surface area contributed by atoms with Crippen molar-refractivity contribution in [1.29, 1.82) is 5.26 Å². The first-order chi connectivity index (χ1) is 6.83. The Kier molecular flexibility index (Phi) is 4.74. The van der Waals surface area contributed by atoms with Gasteiger partial charge in [-0.05, 0) is 18.9 Å². The number of rotatable bonds is 5. The highest BCUT2D eigenvalue weighted by Crippen LogP contribution is 2.02. The monoisotopic (exact) mass is 189 g/mol. The van der Waals surface area contributed by atoms with E-state index in [0.717, 1.165) is 6.42 Å². The molecule has 1 rings (SSSR count). The van der Waals surface area contributed by atoms with Crippen LogP contribution in [0.5, 0.6) is 0 Å². The van der Waals surface area contributed by atoms with Gasteiger partial charge in [-0.25, -0.2) is 0 Å². The van der Waals surface area contributed by atoms with Gasteiger partial charge in [0.05, 0.1) is 25.2 Å². The molecule has 1 aromatic rings. The van der Waals surface area contributed by atoms with E-state index in [0.29, 0.717) is 13.0 Å². The van der Waals surface area contributed by atoms with E-state index in [1.165, 1.54) is 5.56 Å². The van der Waals surface area contributed by atoms with E-state index in [1.54, 1.807) is 0 Å². The third-order valence-electron chi connectivity index (χ3n) is 2.01. The highest BCUT2D eigenvalue weighted by molar-refractivity contribution is 5.14. The molecule has 0 aliphatic rings. The minimum Gasteiger partial charge on any atom is -0.377 e. The topological polar surface area (TPSA) is 33.0 Å². The second-order valence-electron chi connectivity index (χ2n) is 3.28. The SMILES string of the molecule is CC(CC#N)OCCc1ccccc1. The number of nitriles is 1. The van der Waals surface area contributed by atoms with Crippen molar-refractivity contribution in [3.8, 4) is 6.07 Å². The Labute approximate surface area is 85.1 Å². The van der Waals surface area contributed by atoms with Crippen LogP contribution in [0.3, 0.4) is 0 Å². The van der Waals surface area contributed by atoms with Gasteiger partial charge in [0.1, 0.15) is 0 Å². The zero-order valence-electron chi connectivity index (χ0n) is 8.44. The van der Waals surface area contributed by atoms with E-state index in [2.05, 4.69) is 18.2 Å². The summed E-state index contributed by atoms with van der Waals surface area (Å²) >= 11 is 0. The van der Waals surface area contributed by atoms with Crippen molar-refractivity contribution in [3.05, 3.63) is 35.9 Å². The maximum absolute atomic E-state index is 8.42. The average Bonchev–Trinajstić information content (AvgIpc) is 2.20. The molecular formula is C12H15NO. The predicted octanol–water partition coefficient (Wildman–Crippen LogP) is 2.55. The van der Waals surface area contributed by atoms with Gasteiger partial charge in [0, 0.05) is 0 Å². The smallest absolute Gasteiger partial charge is 0.0676 e. The molecule has 1 aromatic carbocycles. The lowest BCUT2D eigenvalue weighted by atomic mass is 10.2. The van der Waals surface area contributed by atoms with Crippen LogP contribution in [-0.2, 0) is 11.2 Å². The summed E-state index contributed by atoms with van der Waals surface area (Å²) < 4.78 is 5.46. The number of benzene rings is 1. The number of nitrogens with zero attached hydrogens (tertiary/aromatic N) is 1. The Bertz CT molecular complexity index is 289. The van der Waals surface area contributed by atoms with Gasteiger partial charge in [-0.2, -0.15) is 5.26 Å². The fourth-order valence-corrected chi connectivity index (χ4v) is 1.21. The molecule has 74 valence electrons. The minimum absolute atomic E-state index is 0.0451. The minimum atomic E-state index is 0.0451. The average molecular weight is 189 g/mol. The van der Waals surface area contributed by atoms with E-state index >= 15 is 0 Å². The van der Waals surface area contributed by atoms with Crippen molar-refractivity contribution < 1.29 is 4.74 Å². The van der Waals surface area contributed by atoms with Crippen LogP contribution >= 0.6 is 0 Å². The quantitative estimate of drug-likeness (QED) is 0.713. The van der Waals surface area contributed by atoms with Crippen molar-refractivity contribution >= 4 is 0 Å². The third-order valence-corrected chi connectivity index (χ3v) is 2.01. The first-order valence-corrected chi connectivity index (χ1v) is 4.85. The lowest BCUT2D eigenvalue weighted by Crippen LogP contribution is -2.09. The van der Waals surface area contributed by atoms with Gasteiger partial charge in [-0.15, -0.1) is 0 Å². The summed E-state index contributed by atoms with van der Waals surface area (Å²) in [6.07, 6.45) is 1.43. The van der Waals surface area contributed by atoms with E-state index in [-0.39, 0.29) is 6.10 Å². The van der Waals surface area contributed by atoms with E-state index in [1.807, 2.05) is 25.1 Å². The molecular weight excluding hydrogens is 174 g/mol. The molecule has 0 saturated heterocycles. The van der Waals surface area contributed by atoms with Gasteiger partial charge in [0.25, 0.3) is 0 Å². The molecule has 0 spiro atoms. The number of hydrogen-bond acceptors (Lipinski definition) is 2. The highest BCUT2D eigenvalue weighted by Gasteiger charge is 2.00. The molecule has 2 nitrogen and oxygen atoms in total. The molecule has 14 heavy (non-hydrogen) atoms. The molecule has 0 aliphatic heterocycles. The molecule has 2 heteroatoms. The third kappa shape index (κ3) is 4.06. The lowest BCUT2D eigenvalue weighted by molar-refractivity contribution is 0.0717. The van der Waals surface area contributed by atoms with Crippen LogP contribution in [0.1, 0.15) is 18.9 Å². The standard InChI is InChI=1S/C12H15NO/c1-11(7-9-13)14-10-8-12-5-3-2-4-6-12/h2-6,11H,7-8,10H2,1H3. The van der Waals surface area contributed by atoms with Crippen molar-refractivity contribution in [2.24, 2.45) is 0 Å². The summed E-state index contributed by atoms with van der Waals surface area (Å²) in [5.74, 6) is 0. The van der Waals surface area contributed by atoms with E-state index < -0.39 is 0 Å². The molecule has 1 atom stereocenters. The van der Waals surface area contributed by atoms with Crippen LogP contribution < -0.4 is 0 Å². The van der Waals surface area contributed by atoms with Gasteiger partial charge in [0.15, 0.2) is 0 Å². The van der Waals surface area contributed by atoms with Crippen LogP contribution in [-0.4, -0.2) is 12.7 Å². The second kappa shape index (κ2) is 6.17. The molecule has 0 bridgehead atoms. The fourth-order valence-electron chi connectivity index (χ4n) is 1.21. The second-order valence-corrected chi connectivity index (χ2v) is 3.28. The first-order valence-electron chi connectivity index (χ1n) is 4.85. The summed E-state index contributed by atoms with van der Waals surface area (Å²) in [6, 6.07) is 12.3. The van der Waals surface area contributed by atoms with Crippen molar-refractivity contribution in [3.63, 3.8) is 0 Å². The van der Waals surface area contributed by atoms with Crippen LogP contribution in [0.15, 0.2) is 30.3 Å². The largest absolute Gasteiger partial charge is 0.377 e. The summed E-state index contributed by atoms with van der Waals surface area (Å²) in [4.78, 5) is 0. The Morgan fingerprint density at radius 2 is 2.07 bits per heavy atom. The van der Waals surface area contributed by atoms with Crippen molar-refractivity contribution in [2.75, 3.05) is 6.61 Å². The molecule has 0 aliphatic carbocycles. The first kappa shape index (κ1) is 10.7. The van der Waals surface area contributed by atoms with Crippen LogP contribution in [0.4, 0.5) is 0 Å². The Balaban J connectivity index is 2.19. The van der Waals surface area contributed by atoms with Crippen molar-refractivity contribution in [1.82, 2.24) is 0 Å². The summed E-state index contributed by atoms with van der Waals surface area (Å²) in [5.41, 5.74) is 1.27. The molecule has 0 N–H and O–H groups in total. The molecule has 0 radical (unpaired) electrons. The summed E-state index contributed by atoms with van der Waals surface area (Å²) in [7, 11) is 0. The highest BCUT2D eigenvalue weighted by atomic mass is 16.5. The number of ether oxygens (including phenoxy) is 1. The summed E-state index contributed by atoms with van der Waals surface area (Å²) in [6.45, 7) is 2.61. The Hall–Kier alpha value is -1.33. The molecule has 0 amide bonds. The zero-order chi connectivity index (χ0) is 10.2. The van der Waals surface area contributed by atoms with Crippen LogP contribution in [0.2, 0.25) is 0 Å². The van der Waals surface area contributed by atoms with Crippen LogP contribution in [0.25, 0.3) is 0 Å². The van der Waals surface area contributed by atoms with Gasteiger partial charge in [-0.3, -0.25) is 0 Å². The molecule has 0 aromatic heterocycles. The van der Waals surface area contributed by atoms with Crippen molar-refractivity contribution in [2.45, 2.75) is 25.9 Å². The maximum atomic E-state index is 8.42. The van der Waals surface area contributed by atoms with Gasteiger partial charge in [-0.1, -0.05) is 30.3 Å². The molecule has 1 unspecified atom stereocenters. The van der Waals surface area contributed by atoms with Crippen LogP contribution in [0, 0.1) is 11.3 Å². The van der Waals surface area contributed by atoms with Gasteiger partial charge >= 0.3 is 0 Å². The van der Waals surface area contributed by atoms with Gasteiger partial charge < -0.3 is 4.74 Å².